The van der Waals surface area contributed by atoms with Crippen LogP contribution in [0.4, 0.5) is 4.79 Å². The molecule has 0 spiro atoms. The zero-order chi connectivity index (χ0) is 17.7. The number of rotatable bonds is 5. The van der Waals surface area contributed by atoms with E-state index in [2.05, 4.69) is 10.6 Å². The molecule has 1 atom stereocenters. The molecule has 136 valence electrons. The summed E-state index contributed by atoms with van der Waals surface area (Å²) in [5.74, 6) is -0.255. The summed E-state index contributed by atoms with van der Waals surface area (Å²) in [5, 5.41) is 5.76. The maximum atomic E-state index is 12.6. The number of urea groups is 1. The van der Waals surface area contributed by atoms with E-state index in [9.17, 15) is 14.4 Å². The van der Waals surface area contributed by atoms with Gasteiger partial charge in [0.05, 0.1) is 0 Å². The van der Waals surface area contributed by atoms with Gasteiger partial charge in [0.1, 0.15) is 12.1 Å². The highest BCUT2D eigenvalue weighted by Gasteiger charge is 2.48. The highest BCUT2D eigenvalue weighted by atomic mass is 16.2. The summed E-state index contributed by atoms with van der Waals surface area (Å²) in [6, 6.07) is -0.295. The number of hydrogen-bond acceptors (Lipinski definition) is 3. The van der Waals surface area contributed by atoms with Crippen molar-refractivity contribution in [2.75, 3.05) is 6.54 Å². The third kappa shape index (κ3) is 4.71. The van der Waals surface area contributed by atoms with Crippen molar-refractivity contribution in [1.82, 2.24) is 15.5 Å². The molecule has 1 unspecified atom stereocenters. The largest absolute Gasteiger partial charge is 0.352 e. The molecule has 1 saturated heterocycles. The highest BCUT2D eigenvalue weighted by molar-refractivity contribution is 6.08. The lowest BCUT2D eigenvalue weighted by molar-refractivity contribution is -0.135. The van der Waals surface area contributed by atoms with Crippen LogP contribution in [0.1, 0.15) is 72.1 Å². The van der Waals surface area contributed by atoms with Crippen molar-refractivity contribution in [3.05, 3.63) is 0 Å². The van der Waals surface area contributed by atoms with E-state index in [1.807, 2.05) is 13.8 Å². The smallest absolute Gasteiger partial charge is 0.325 e. The van der Waals surface area contributed by atoms with Gasteiger partial charge < -0.3 is 10.6 Å². The molecule has 2 fully saturated rings. The van der Waals surface area contributed by atoms with Crippen molar-refractivity contribution < 1.29 is 14.4 Å². The van der Waals surface area contributed by atoms with Crippen LogP contribution in [-0.4, -0.2) is 40.9 Å². The van der Waals surface area contributed by atoms with E-state index in [4.69, 9.17) is 0 Å². The van der Waals surface area contributed by atoms with Gasteiger partial charge >= 0.3 is 6.03 Å². The van der Waals surface area contributed by atoms with Gasteiger partial charge in [-0.05, 0) is 32.1 Å². The van der Waals surface area contributed by atoms with Crippen molar-refractivity contribution in [3.8, 4) is 0 Å². The zero-order valence-corrected chi connectivity index (χ0v) is 15.2. The zero-order valence-electron chi connectivity index (χ0n) is 15.2. The SMILES string of the molecule is CC(C)CC1(C)NC(=O)N(CC(=O)NC2CCCCCCC2)C1=O. The molecule has 4 amide bonds. The molecule has 6 nitrogen and oxygen atoms in total. The van der Waals surface area contributed by atoms with E-state index in [0.29, 0.717) is 6.42 Å². The fraction of sp³-hybridized carbons (Fsp3) is 0.833. The fourth-order valence-corrected chi connectivity index (χ4v) is 3.86. The second-order valence-corrected chi connectivity index (χ2v) is 7.86. The molecule has 2 rings (SSSR count). The van der Waals surface area contributed by atoms with Crippen LogP contribution in [0.25, 0.3) is 0 Å². The number of nitrogens with zero attached hydrogens (tertiary/aromatic N) is 1. The predicted molar refractivity (Wildman–Crippen MR) is 92.4 cm³/mol. The lowest BCUT2D eigenvalue weighted by Gasteiger charge is -2.24. The first-order valence-electron chi connectivity index (χ1n) is 9.25. The summed E-state index contributed by atoms with van der Waals surface area (Å²) in [6.07, 6.45) is 8.49. The van der Waals surface area contributed by atoms with E-state index in [1.54, 1.807) is 6.92 Å². The van der Waals surface area contributed by atoms with Crippen LogP contribution < -0.4 is 10.6 Å². The summed E-state index contributed by atoms with van der Waals surface area (Å²) >= 11 is 0. The highest BCUT2D eigenvalue weighted by Crippen LogP contribution is 2.25. The Hall–Kier alpha value is -1.59. The first-order chi connectivity index (χ1) is 11.3. The first kappa shape index (κ1) is 18.7. The Bertz CT molecular complexity index is 484. The molecule has 2 aliphatic rings. The third-order valence-corrected chi connectivity index (χ3v) is 4.93. The van der Waals surface area contributed by atoms with Crippen LogP contribution in [0.5, 0.6) is 0 Å². The minimum Gasteiger partial charge on any atom is -0.352 e. The summed E-state index contributed by atoms with van der Waals surface area (Å²) in [5.41, 5.74) is -0.897. The van der Waals surface area contributed by atoms with Crippen molar-refractivity contribution in [2.45, 2.75) is 83.7 Å². The Morgan fingerprint density at radius 3 is 2.38 bits per heavy atom. The van der Waals surface area contributed by atoms with Crippen molar-refractivity contribution in [2.24, 2.45) is 5.92 Å². The van der Waals surface area contributed by atoms with Crippen LogP contribution in [0, 0.1) is 5.92 Å². The molecule has 1 saturated carbocycles. The lowest BCUT2D eigenvalue weighted by Crippen LogP contribution is -2.47. The van der Waals surface area contributed by atoms with Gasteiger partial charge in [0.2, 0.25) is 5.91 Å². The summed E-state index contributed by atoms with van der Waals surface area (Å²) in [6.45, 7) is 5.57. The summed E-state index contributed by atoms with van der Waals surface area (Å²) in [7, 11) is 0. The summed E-state index contributed by atoms with van der Waals surface area (Å²) in [4.78, 5) is 38.0. The topological polar surface area (TPSA) is 78.5 Å². The van der Waals surface area contributed by atoms with Crippen LogP contribution in [-0.2, 0) is 9.59 Å². The molecule has 0 bridgehead atoms. The van der Waals surface area contributed by atoms with Crippen molar-refractivity contribution >= 4 is 17.8 Å². The molecule has 1 heterocycles. The molecule has 0 aromatic rings. The molecule has 1 aliphatic carbocycles. The Kier molecular flexibility index (Phi) is 6.24. The molecule has 6 heteroatoms. The molecular weight excluding hydrogens is 306 g/mol. The lowest BCUT2D eigenvalue weighted by atomic mass is 9.91. The van der Waals surface area contributed by atoms with Crippen LogP contribution in [0.15, 0.2) is 0 Å². The summed E-state index contributed by atoms with van der Waals surface area (Å²) < 4.78 is 0. The van der Waals surface area contributed by atoms with Gasteiger partial charge in [-0.3, -0.25) is 14.5 Å². The second-order valence-electron chi connectivity index (χ2n) is 7.86. The Labute approximate surface area is 144 Å². The fourth-order valence-electron chi connectivity index (χ4n) is 3.86. The molecular formula is C18H31N3O3. The minimum absolute atomic E-state index is 0.167. The molecule has 0 aromatic carbocycles. The maximum Gasteiger partial charge on any atom is 0.325 e. The van der Waals surface area contributed by atoms with Gasteiger partial charge in [0.15, 0.2) is 0 Å². The van der Waals surface area contributed by atoms with Crippen LogP contribution in [0.3, 0.4) is 0 Å². The van der Waals surface area contributed by atoms with E-state index < -0.39 is 11.6 Å². The number of hydrogen-bond donors (Lipinski definition) is 2. The number of nitrogens with one attached hydrogen (secondary N) is 2. The Balaban J connectivity index is 1.91. The predicted octanol–water partition coefficient (Wildman–Crippen LogP) is 2.57. The van der Waals surface area contributed by atoms with E-state index in [0.717, 1.165) is 30.6 Å². The first-order valence-corrected chi connectivity index (χ1v) is 9.25. The van der Waals surface area contributed by atoms with E-state index in [1.165, 1.54) is 19.3 Å². The third-order valence-electron chi connectivity index (χ3n) is 4.93. The van der Waals surface area contributed by atoms with Crippen molar-refractivity contribution in [3.63, 3.8) is 0 Å². The van der Waals surface area contributed by atoms with E-state index >= 15 is 0 Å². The van der Waals surface area contributed by atoms with Gasteiger partial charge in [-0.25, -0.2) is 4.79 Å². The van der Waals surface area contributed by atoms with Gasteiger partial charge in [-0.2, -0.15) is 0 Å². The average molecular weight is 337 g/mol. The second kappa shape index (κ2) is 7.99. The quantitative estimate of drug-likeness (QED) is 0.757. The number of amides is 4. The molecule has 24 heavy (non-hydrogen) atoms. The molecule has 2 N–H and O–H groups in total. The van der Waals surface area contributed by atoms with Crippen molar-refractivity contribution in [1.29, 1.82) is 0 Å². The van der Waals surface area contributed by atoms with Gasteiger partial charge in [-0.15, -0.1) is 0 Å². The minimum atomic E-state index is -0.897. The van der Waals surface area contributed by atoms with Gasteiger partial charge in [0, 0.05) is 6.04 Å². The van der Waals surface area contributed by atoms with Crippen LogP contribution >= 0.6 is 0 Å². The Morgan fingerprint density at radius 1 is 1.21 bits per heavy atom. The molecule has 0 radical (unpaired) electrons. The Morgan fingerprint density at radius 2 is 1.79 bits per heavy atom. The van der Waals surface area contributed by atoms with Crippen LogP contribution in [0.2, 0.25) is 0 Å². The van der Waals surface area contributed by atoms with Gasteiger partial charge in [0.25, 0.3) is 5.91 Å². The van der Waals surface area contributed by atoms with Gasteiger partial charge in [-0.1, -0.05) is 46.0 Å². The number of imide groups is 1. The number of carbonyl (C=O) groups excluding carboxylic acids is 3. The molecule has 1 aliphatic heterocycles. The standard InChI is InChI=1S/C18H31N3O3/c1-13(2)11-18(3)16(23)21(17(24)20-18)12-15(22)19-14-9-7-5-4-6-8-10-14/h13-14H,4-12H2,1-3H3,(H,19,22)(H,20,24). The number of carbonyl (C=O) groups is 3. The maximum absolute atomic E-state index is 12.6. The molecule has 0 aromatic heterocycles. The average Bonchev–Trinajstić information content (AvgIpc) is 2.64. The van der Waals surface area contributed by atoms with E-state index in [-0.39, 0.29) is 30.3 Å². The monoisotopic (exact) mass is 337 g/mol. The normalized spacial score (nSPS) is 26.2.